The molecular formula is C19H17N3O3S. The van der Waals surface area contributed by atoms with E-state index in [1.807, 2.05) is 30.3 Å². The van der Waals surface area contributed by atoms with Crippen LogP contribution in [0.1, 0.15) is 33.5 Å². The molecule has 0 atom stereocenters. The maximum absolute atomic E-state index is 12.2. The maximum Gasteiger partial charge on any atom is 0.322 e. The van der Waals surface area contributed by atoms with Crippen molar-refractivity contribution < 1.29 is 14.0 Å². The predicted octanol–water partition coefficient (Wildman–Crippen LogP) is 3.86. The van der Waals surface area contributed by atoms with Gasteiger partial charge in [-0.2, -0.15) is 0 Å². The SMILES string of the molecule is CC(=O)c1ccc(C(=O)Nc2nnc(CCSc3ccccc3)o2)cc1. The Kier molecular flexibility index (Phi) is 5.80. The molecule has 0 aliphatic carbocycles. The summed E-state index contributed by atoms with van der Waals surface area (Å²) in [5, 5.41) is 10.3. The first-order valence-corrected chi connectivity index (χ1v) is 9.03. The first-order chi connectivity index (χ1) is 12.6. The van der Waals surface area contributed by atoms with Crippen LogP contribution in [-0.4, -0.2) is 27.6 Å². The molecule has 0 saturated heterocycles. The molecule has 0 unspecified atom stereocenters. The number of hydrogen-bond acceptors (Lipinski definition) is 6. The van der Waals surface area contributed by atoms with Crippen molar-refractivity contribution in [1.82, 2.24) is 10.2 Å². The zero-order valence-electron chi connectivity index (χ0n) is 14.1. The number of aromatic nitrogens is 2. The molecule has 0 fully saturated rings. The Morgan fingerprint density at radius 2 is 1.69 bits per heavy atom. The molecule has 3 aromatic rings. The Bertz CT molecular complexity index is 892. The molecule has 0 aliphatic heterocycles. The van der Waals surface area contributed by atoms with Crippen LogP contribution in [0.4, 0.5) is 6.01 Å². The van der Waals surface area contributed by atoms with Gasteiger partial charge >= 0.3 is 6.01 Å². The molecule has 0 radical (unpaired) electrons. The summed E-state index contributed by atoms with van der Waals surface area (Å²) in [6, 6.07) is 16.5. The van der Waals surface area contributed by atoms with Crippen LogP contribution in [-0.2, 0) is 6.42 Å². The number of benzene rings is 2. The van der Waals surface area contributed by atoms with Crippen molar-refractivity contribution in [2.24, 2.45) is 0 Å². The van der Waals surface area contributed by atoms with Crippen molar-refractivity contribution in [1.29, 1.82) is 0 Å². The fourth-order valence-corrected chi connectivity index (χ4v) is 3.07. The third-order valence-corrected chi connectivity index (χ3v) is 4.58. The molecule has 1 amide bonds. The standard InChI is InChI=1S/C19H17N3O3S/c1-13(23)14-7-9-15(10-8-14)18(24)20-19-22-21-17(25-19)11-12-26-16-5-3-2-4-6-16/h2-10H,11-12H2,1H3,(H,20,22,24). The average Bonchev–Trinajstić information content (AvgIpc) is 3.10. The molecule has 26 heavy (non-hydrogen) atoms. The molecule has 7 heteroatoms. The Morgan fingerprint density at radius 3 is 2.38 bits per heavy atom. The van der Waals surface area contributed by atoms with E-state index in [-0.39, 0.29) is 17.7 Å². The van der Waals surface area contributed by atoms with Crippen LogP contribution in [0.5, 0.6) is 0 Å². The topological polar surface area (TPSA) is 85.1 Å². The third kappa shape index (κ3) is 4.80. The molecule has 1 heterocycles. The van der Waals surface area contributed by atoms with Gasteiger partial charge in [-0.15, -0.1) is 16.9 Å². The lowest BCUT2D eigenvalue weighted by atomic mass is 10.1. The van der Waals surface area contributed by atoms with Gasteiger partial charge < -0.3 is 4.42 Å². The molecule has 0 spiro atoms. The number of anilines is 1. The van der Waals surface area contributed by atoms with Gasteiger partial charge in [0.05, 0.1) is 0 Å². The lowest BCUT2D eigenvalue weighted by Gasteiger charge is -2.01. The second-order valence-corrected chi connectivity index (χ2v) is 6.67. The summed E-state index contributed by atoms with van der Waals surface area (Å²) in [7, 11) is 0. The number of carbonyl (C=O) groups excluding carboxylic acids is 2. The van der Waals surface area contributed by atoms with E-state index in [0.717, 1.165) is 5.75 Å². The number of aryl methyl sites for hydroxylation is 1. The number of hydrogen-bond donors (Lipinski definition) is 1. The summed E-state index contributed by atoms with van der Waals surface area (Å²) in [5.41, 5.74) is 0.965. The Balaban J connectivity index is 1.52. The number of thioether (sulfide) groups is 1. The third-order valence-electron chi connectivity index (χ3n) is 3.57. The summed E-state index contributed by atoms with van der Waals surface area (Å²) in [6.07, 6.45) is 0.607. The minimum atomic E-state index is -0.367. The van der Waals surface area contributed by atoms with Gasteiger partial charge in [-0.25, -0.2) is 0 Å². The van der Waals surface area contributed by atoms with E-state index in [4.69, 9.17) is 4.42 Å². The largest absolute Gasteiger partial charge is 0.408 e. The van der Waals surface area contributed by atoms with Crippen LogP contribution in [0.15, 0.2) is 63.9 Å². The van der Waals surface area contributed by atoms with Crippen molar-refractivity contribution >= 4 is 29.5 Å². The van der Waals surface area contributed by atoms with Crippen molar-refractivity contribution in [3.63, 3.8) is 0 Å². The predicted molar refractivity (Wildman–Crippen MR) is 99.6 cm³/mol. The van der Waals surface area contributed by atoms with Gasteiger partial charge in [-0.3, -0.25) is 14.9 Å². The van der Waals surface area contributed by atoms with E-state index >= 15 is 0 Å². The van der Waals surface area contributed by atoms with Gasteiger partial charge in [0.25, 0.3) is 5.91 Å². The number of rotatable bonds is 7. The second kappa shape index (κ2) is 8.44. The molecule has 1 N–H and O–H groups in total. The first kappa shape index (κ1) is 17.9. The number of amides is 1. The minimum Gasteiger partial charge on any atom is -0.408 e. The zero-order valence-corrected chi connectivity index (χ0v) is 15.0. The van der Waals surface area contributed by atoms with Crippen LogP contribution >= 0.6 is 11.8 Å². The van der Waals surface area contributed by atoms with Crippen molar-refractivity contribution in [3.8, 4) is 0 Å². The van der Waals surface area contributed by atoms with Gasteiger partial charge in [0.15, 0.2) is 5.78 Å². The second-order valence-electron chi connectivity index (χ2n) is 5.50. The highest BCUT2D eigenvalue weighted by Gasteiger charge is 2.12. The molecular weight excluding hydrogens is 350 g/mol. The summed E-state index contributed by atoms with van der Waals surface area (Å²) < 4.78 is 5.45. The maximum atomic E-state index is 12.2. The molecule has 3 rings (SSSR count). The first-order valence-electron chi connectivity index (χ1n) is 8.04. The highest BCUT2D eigenvalue weighted by molar-refractivity contribution is 7.99. The zero-order chi connectivity index (χ0) is 18.4. The fourth-order valence-electron chi connectivity index (χ4n) is 2.20. The van der Waals surface area contributed by atoms with Gasteiger partial charge in [0, 0.05) is 28.2 Å². The van der Waals surface area contributed by atoms with E-state index in [0.29, 0.717) is 23.4 Å². The van der Waals surface area contributed by atoms with Crippen molar-refractivity contribution in [3.05, 3.63) is 71.6 Å². The van der Waals surface area contributed by atoms with Gasteiger partial charge in [0.1, 0.15) is 0 Å². The quantitative estimate of drug-likeness (QED) is 0.504. The average molecular weight is 367 g/mol. The van der Waals surface area contributed by atoms with Gasteiger partial charge in [0.2, 0.25) is 5.89 Å². The molecule has 6 nitrogen and oxygen atoms in total. The number of Topliss-reactive ketones (excluding diaryl/α,β-unsaturated/α-hetero) is 1. The highest BCUT2D eigenvalue weighted by Crippen LogP contribution is 2.18. The summed E-state index contributed by atoms with van der Waals surface area (Å²) in [4.78, 5) is 24.6. The molecule has 1 aromatic heterocycles. The molecule has 0 saturated carbocycles. The van der Waals surface area contributed by atoms with Gasteiger partial charge in [-0.05, 0) is 31.2 Å². The van der Waals surface area contributed by atoms with Crippen LogP contribution in [0.3, 0.4) is 0 Å². The van der Waals surface area contributed by atoms with E-state index < -0.39 is 0 Å². The van der Waals surface area contributed by atoms with E-state index in [1.54, 1.807) is 36.0 Å². The molecule has 2 aromatic carbocycles. The fraction of sp³-hybridized carbons (Fsp3) is 0.158. The van der Waals surface area contributed by atoms with E-state index in [1.165, 1.54) is 11.8 Å². The van der Waals surface area contributed by atoms with Crippen LogP contribution < -0.4 is 5.32 Å². The Morgan fingerprint density at radius 1 is 1.00 bits per heavy atom. The number of nitrogens with one attached hydrogen (secondary N) is 1. The van der Waals surface area contributed by atoms with Crippen LogP contribution in [0.2, 0.25) is 0 Å². The van der Waals surface area contributed by atoms with E-state index in [9.17, 15) is 9.59 Å². The van der Waals surface area contributed by atoms with E-state index in [2.05, 4.69) is 15.5 Å². The minimum absolute atomic E-state index is 0.0492. The van der Waals surface area contributed by atoms with Crippen molar-refractivity contribution in [2.45, 2.75) is 18.2 Å². The molecule has 0 aliphatic rings. The molecule has 0 bridgehead atoms. The normalized spacial score (nSPS) is 10.5. The Labute approximate surface area is 155 Å². The van der Waals surface area contributed by atoms with Crippen molar-refractivity contribution in [2.75, 3.05) is 11.1 Å². The number of nitrogens with zero attached hydrogens (tertiary/aromatic N) is 2. The van der Waals surface area contributed by atoms with Crippen LogP contribution in [0.25, 0.3) is 0 Å². The Hall–Kier alpha value is -2.93. The number of carbonyl (C=O) groups is 2. The monoisotopic (exact) mass is 367 g/mol. The number of ketones is 1. The highest BCUT2D eigenvalue weighted by atomic mass is 32.2. The van der Waals surface area contributed by atoms with Gasteiger partial charge in [-0.1, -0.05) is 35.4 Å². The summed E-state index contributed by atoms with van der Waals surface area (Å²) in [6.45, 7) is 1.48. The summed E-state index contributed by atoms with van der Waals surface area (Å²) >= 11 is 1.70. The smallest absolute Gasteiger partial charge is 0.322 e. The summed E-state index contributed by atoms with van der Waals surface area (Å²) in [5.74, 6) is 0.850. The lowest BCUT2D eigenvalue weighted by Crippen LogP contribution is -2.12. The lowest BCUT2D eigenvalue weighted by molar-refractivity contribution is 0.100. The molecule has 132 valence electrons. The van der Waals surface area contributed by atoms with Crippen LogP contribution in [0, 0.1) is 0 Å².